The van der Waals surface area contributed by atoms with E-state index in [1.807, 2.05) is 0 Å². The molecule has 0 saturated heterocycles. The number of carbonyl (C=O) groups is 2. The SMILES string of the molecule is CC(=O)Nc1ccc(Cl)cc1C(=O)c1ccccc1F. The fourth-order valence-electron chi connectivity index (χ4n) is 1.79. The highest BCUT2D eigenvalue weighted by Gasteiger charge is 2.18. The van der Waals surface area contributed by atoms with Crippen LogP contribution in [-0.2, 0) is 4.79 Å². The summed E-state index contributed by atoms with van der Waals surface area (Å²) in [7, 11) is 0. The molecule has 0 bridgehead atoms. The van der Waals surface area contributed by atoms with Crippen LogP contribution in [0.1, 0.15) is 22.8 Å². The van der Waals surface area contributed by atoms with Crippen molar-refractivity contribution in [1.82, 2.24) is 0 Å². The molecular weight excluding hydrogens is 281 g/mol. The van der Waals surface area contributed by atoms with Crippen LogP contribution in [0.15, 0.2) is 42.5 Å². The maximum Gasteiger partial charge on any atom is 0.221 e. The average Bonchev–Trinajstić information content (AvgIpc) is 2.40. The Labute approximate surface area is 120 Å². The lowest BCUT2D eigenvalue weighted by Crippen LogP contribution is -2.12. The van der Waals surface area contributed by atoms with Crippen LogP contribution >= 0.6 is 11.6 Å². The van der Waals surface area contributed by atoms with E-state index in [4.69, 9.17) is 11.6 Å². The standard InChI is InChI=1S/C15H11ClFNO2/c1-9(19)18-14-7-6-10(16)8-12(14)15(20)11-4-2-3-5-13(11)17/h2-8H,1H3,(H,18,19). The summed E-state index contributed by atoms with van der Waals surface area (Å²) in [5.41, 5.74) is 0.384. The van der Waals surface area contributed by atoms with Gasteiger partial charge in [-0.2, -0.15) is 0 Å². The summed E-state index contributed by atoms with van der Waals surface area (Å²) in [4.78, 5) is 23.5. The predicted octanol–water partition coefficient (Wildman–Crippen LogP) is 3.67. The minimum atomic E-state index is -0.619. The van der Waals surface area contributed by atoms with Gasteiger partial charge >= 0.3 is 0 Å². The van der Waals surface area contributed by atoms with Gasteiger partial charge in [0.25, 0.3) is 0 Å². The maximum absolute atomic E-state index is 13.7. The summed E-state index contributed by atoms with van der Waals surface area (Å²) in [6, 6.07) is 10.1. The van der Waals surface area contributed by atoms with E-state index in [0.29, 0.717) is 10.7 Å². The van der Waals surface area contributed by atoms with Crippen LogP contribution in [0.4, 0.5) is 10.1 Å². The molecule has 102 valence electrons. The van der Waals surface area contributed by atoms with Gasteiger partial charge in [-0.3, -0.25) is 9.59 Å². The molecule has 0 fully saturated rings. The maximum atomic E-state index is 13.7. The molecule has 0 unspecified atom stereocenters. The molecule has 0 aromatic heterocycles. The molecule has 2 aromatic rings. The molecule has 2 rings (SSSR count). The highest BCUT2D eigenvalue weighted by Crippen LogP contribution is 2.24. The van der Waals surface area contributed by atoms with Crippen LogP contribution < -0.4 is 5.32 Å². The van der Waals surface area contributed by atoms with Gasteiger partial charge in [0.1, 0.15) is 5.82 Å². The Hall–Kier alpha value is -2.20. The lowest BCUT2D eigenvalue weighted by atomic mass is 10.0. The zero-order valence-electron chi connectivity index (χ0n) is 10.6. The molecule has 0 aliphatic carbocycles. The van der Waals surface area contributed by atoms with Crippen LogP contribution in [0.2, 0.25) is 5.02 Å². The summed E-state index contributed by atoms with van der Waals surface area (Å²) >= 11 is 5.87. The number of rotatable bonds is 3. The van der Waals surface area contributed by atoms with Crippen molar-refractivity contribution in [3.63, 3.8) is 0 Å². The van der Waals surface area contributed by atoms with Crippen molar-refractivity contribution in [2.75, 3.05) is 5.32 Å². The molecule has 2 aromatic carbocycles. The van der Waals surface area contributed by atoms with E-state index in [2.05, 4.69) is 5.32 Å². The van der Waals surface area contributed by atoms with Crippen LogP contribution in [0.5, 0.6) is 0 Å². The van der Waals surface area contributed by atoms with Crippen LogP contribution in [0.3, 0.4) is 0 Å². The quantitative estimate of drug-likeness (QED) is 0.877. The number of nitrogens with one attached hydrogen (secondary N) is 1. The average molecular weight is 292 g/mol. The lowest BCUT2D eigenvalue weighted by Gasteiger charge is -2.10. The number of amides is 1. The normalized spacial score (nSPS) is 10.2. The molecule has 0 spiro atoms. The molecule has 0 atom stereocenters. The number of anilines is 1. The van der Waals surface area contributed by atoms with Crippen molar-refractivity contribution in [3.8, 4) is 0 Å². The summed E-state index contributed by atoms with van der Waals surface area (Å²) in [6.45, 7) is 1.33. The fourth-order valence-corrected chi connectivity index (χ4v) is 1.97. The fraction of sp³-hybridized carbons (Fsp3) is 0.0667. The zero-order valence-corrected chi connectivity index (χ0v) is 11.4. The first-order valence-electron chi connectivity index (χ1n) is 5.85. The number of carbonyl (C=O) groups excluding carboxylic acids is 2. The van der Waals surface area contributed by atoms with Crippen molar-refractivity contribution in [2.24, 2.45) is 0 Å². The van der Waals surface area contributed by atoms with Crippen molar-refractivity contribution in [3.05, 3.63) is 64.4 Å². The minimum Gasteiger partial charge on any atom is -0.326 e. The number of halogens is 2. The smallest absolute Gasteiger partial charge is 0.221 e. The molecule has 0 aliphatic rings. The molecule has 1 amide bonds. The zero-order chi connectivity index (χ0) is 14.7. The van der Waals surface area contributed by atoms with Crippen molar-refractivity contribution in [2.45, 2.75) is 6.92 Å². The van der Waals surface area contributed by atoms with Gasteiger partial charge in [0.2, 0.25) is 5.91 Å². The summed E-state index contributed by atoms with van der Waals surface area (Å²) < 4.78 is 13.7. The van der Waals surface area contributed by atoms with Gasteiger partial charge in [-0.05, 0) is 30.3 Å². The third-order valence-corrected chi connectivity index (χ3v) is 2.89. The second-order valence-electron chi connectivity index (χ2n) is 4.18. The Morgan fingerprint density at radius 2 is 1.80 bits per heavy atom. The van der Waals surface area contributed by atoms with E-state index in [1.165, 1.54) is 37.3 Å². The van der Waals surface area contributed by atoms with Gasteiger partial charge in [-0.1, -0.05) is 23.7 Å². The van der Waals surface area contributed by atoms with E-state index in [1.54, 1.807) is 12.1 Å². The van der Waals surface area contributed by atoms with E-state index in [0.717, 1.165) is 0 Å². The van der Waals surface area contributed by atoms with E-state index in [9.17, 15) is 14.0 Å². The van der Waals surface area contributed by atoms with E-state index < -0.39 is 11.6 Å². The van der Waals surface area contributed by atoms with Crippen LogP contribution in [-0.4, -0.2) is 11.7 Å². The number of ketones is 1. The second-order valence-corrected chi connectivity index (χ2v) is 4.62. The minimum absolute atomic E-state index is 0.0682. The summed E-state index contributed by atoms with van der Waals surface area (Å²) in [6.07, 6.45) is 0. The molecule has 0 saturated carbocycles. The largest absolute Gasteiger partial charge is 0.326 e. The third kappa shape index (κ3) is 3.03. The van der Waals surface area contributed by atoms with Gasteiger partial charge in [0, 0.05) is 17.5 Å². The summed E-state index contributed by atoms with van der Waals surface area (Å²) in [5, 5.41) is 2.86. The molecule has 1 N–H and O–H groups in total. The Morgan fingerprint density at radius 3 is 2.45 bits per heavy atom. The molecule has 5 heteroatoms. The van der Waals surface area contributed by atoms with Crippen molar-refractivity contribution < 1.29 is 14.0 Å². The van der Waals surface area contributed by atoms with Crippen LogP contribution in [0.25, 0.3) is 0 Å². The Balaban J connectivity index is 2.51. The van der Waals surface area contributed by atoms with Gasteiger partial charge < -0.3 is 5.32 Å². The number of hydrogen-bond donors (Lipinski definition) is 1. The molecule has 20 heavy (non-hydrogen) atoms. The molecule has 0 heterocycles. The molecule has 0 aliphatic heterocycles. The van der Waals surface area contributed by atoms with Gasteiger partial charge in [0.15, 0.2) is 5.78 Å². The van der Waals surface area contributed by atoms with E-state index in [-0.39, 0.29) is 17.0 Å². The van der Waals surface area contributed by atoms with Crippen molar-refractivity contribution >= 4 is 29.0 Å². The highest BCUT2D eigenvalue weighted by atomic mass is 35.5. The Morgan fingerprint density at radius 1 is 1.10 bits per heavy atom. The molecule has 0 radical (unpaired) electrons. The first kappa shape index (κ1) is 14.2. The summed E-state index contributed by atoms with van der Waals surface area (Å²) in [5.74, 6) is -1.48. The monoisotopic (exact) mass is 291 g/mol. The molecular formula is C15H11ClFNO2. The lowest BCUT2D eigenvalue weighted by molar-refractivity contribution is -0.114. The first-order valence-corrected chi connectivity index (χ1v) is 6.23. The van der Waals surface area contributed by atoms with Gasteiger partial charge in [-0.25, -0.2) is 4.39 Å². The Kier molecular flexibility index (Phi) is 4.15. The topological polar surface area (TPSA) is 46.2 Å². The number of benzene rings is 2. The van der Waals surface area contributed by atoms with Gasteiger partial charge in [0.05, 0.1) is 11.3 Å². The predicted molar refractivity (Wildman–Crippen MR) is 75.6 cm³/mol. The van der Waals surface area contributed by atoms with Crippen molar-refractivity contribution in [1.29, 1.82) is 0 Å². The highest BCUT2D eigenvalue weighted by molar-refractivity contribution is 6.31. The Bertz CT molecular complexity index is 685. The van der Waals surface area contributed by atoms with Crippen LogP contribution in [0, 0.1) is 5.82 Å². The third-order valence-electron chi connectivity index (χ3n) is 2.66. The number of hydrogen-bond acceptors (Lipinski definition) is 2. The van der Waals surface area contributed by atoms with E-state index >= 15 is 0 Å². The van der Waals surface area contributed by atoms with Gasteiger partial charge in [-0.15, -0.1) is 0 Å². The molecule has 3 nitrogen and oxygen atoms in total. The second kappa shape index (κ2) is 5.84. The first-order chi connectivity index (χ1) is 9.49.